The lowest BCUT2D eigenvalue weighted by atomic mass is 10.1. The SMILES string of the molecule is CC1CNc2ccccc2N1CC(F)F. The predicted octanol–water partition coefficient (Wildman–Crippen LogP) is 2.57. The predicted molar refractivity (Wildman–Crippen MR) is 57.7 cm³/mol. The van der Waals surface area contributed by atoms with Crippen molar-refractivity contribution in [3.63, 3.8) is 0 Å². The molecule has 4 heteroatoms. The summed E-state index contributed by atoms with van der Waals surface area (Å²) in [5.41, 5.74) is 1.81. The van der Waals surface area contributed by atoms with E-state index in [9.17, 15) is 8.78 Å². The number of alkyl halides is 2. The molecule has 0 fully saturated rings. The van der Waals surface area contributed by atoms with Crippen LogP contribution in [-0.4, -0.2) is 25.6 Å². The summed E-state index contributed by atoms with van der Waals surface area (Å²) in [6.45, 7) is 2.47. The quantitative estimate of drug-likeness (QED) is 0.810. The molecule has 0 spiro atoms. The number of anilines is 2. The Hall–Kier alpha value is -1.32. The average molecular weight is 212 g/mol. The molecule has 0 aromatic heterocycles. The van der Waals surface area contributed by atoms with Gasteiger partial charge in [-0.3, -0.25) is 0 Å². The van der Waals surface area contributed by atoms with Crippen LogP contribution < -0.4 is 10.2 Å². The van der Waals surface area contributed by atoms with Crippen LogP contribution in [-0.2, 0) is 0 Å². The number of fused-ring (bicyclic) bond motifs is 1. The first-order chi connectivity index (χ1) is 7.18. The Bertz CT molecular complexity index is 341. The molecule has 82 valence electrons. The third-order valence-electron chi connectivity index (χ3n) is 2.67. The molecule has 1 aliphatic heterocycles. The Balaban J connectivity index is 2.28. The van der Waals surface area contributed by atoms with E-state index in [1.807, 2.05) is 31.2 Å². The zero-order valence-corrected chi connectivity index (χ0v) is 8.58. The number of para-hydroxylation sites is 2. The van der Waals surface area contributed by atoms with Crippen LogP contribution in [0.15, 0.2) is 24.3 Å². The van der Waals surface area contributed by atoms with Crippen molar-refractivity contribution in [3.05, 3.63) is 24.3 Å². The Morgan fingerprint density at radius 1 is 1.47 bits per heavy atom. The van der Waals surface area contributed by atoms with E-state index in [1.54, 1.807) is 4.90 Å². The van der Waals surface area contributed by atoms with Crippen molar-refractivity contribution in [1.82, 2.24) is 0 Å². The summed E-state index contributed by atoms with van der Waals surface area (Å²) in [6, 6.07) is 7.67. The van der Waals surface area contributed by atoms with E-state index in [2.05, 4.69) is 5.32 Å². The summed E-state index contributed by atoms with van der Waals surface area (Å²) in [5, 5.41) is 3.23. The van der Waals surface area contributed by atoms with Gasteiger partial charge >= 0.3 is 0 Å². The van der Waals surface area contributed by atoms with Crippen molar-refractivity contribution in [2.45, 2.75) is 19.4 Å². The second-order valence-corrected chi connectivity index (χ2v) is 3.79. The van der Waals surface area contributed by atoms with E-state index >= 15 is 0 Å². The number of nitrogens with one attached hydrogen (secondary N) is 1. The Morgan fingerprint density at radius 3 is 2.93 bits per heavy atom. The van der Waals surface area contributed by atoms with Gasteiger partial charge in [0.1, 0.15) is 0 Å². The van der Waals surface area contributed by atoms with Gasteiger partial charge in [-0.05, 0) is 19.1 Å². The van der Waals surface area contributed by atoms with Crippen LogP contribution in [0.25, 0.3) is 0 Å². The van der Waals surface area contributed by atoms with E-state index in [-0.39, 0.29) is 12.6 Å². The summed E-state index contributed by atoms with van der Waals surface area (Å²) in [6.07, 6.45) is -2.29. The van der Waals surface area contributed by atoms with Gasteiger partial charge in [0.2, 0.25) is 0 Å². The molecule has 15 heavy (non-hydrogen) atoms. The number of halogens is 2. The van der Waals surface area contributed by atoms with Gasteiger partial charge in [-0.1, -0.05) is 12.1 Å². The molecule has 2 rings (SSSR count). The summed E-state index contributed by atoms with van der Waals surface area (Å²) < 4.78 is 24.8. The molecule has 1 aromatic carbocycles. The van der Waals surface area contributed by atoms with E-state index in [0.717, 1.165) is 11.4 Å². The molecule has 1 heterocycles. The maximum Gasteiger partial charge on any atom is 0.255 e. The van der Waals surface area contributed by atoms with Gasteiger partial charge in [-0.25, -0.2) is 8.78 Å². The lowest BCUT2D eigenvalue weighted by Crippen LogP contribution is -2.44. The van der Waals surface area contributed by atoms with Gasteiger partial charge in [-0.2, -0.15) is 0 Å². The maximum atomic E-state index is 12.4. The minimum atomic E-state index is -2.29. The fraction of sp³-hybridized carbons (Fsp3) is 0.455. The Labute approximate surface area is 87.9 Å². The Morgan fingerprint density at radius 2 is 2.20 bits per heavy atom. The molecule has 1 N–H and O–H groups in total. The smallest absolute Gasteiger partial charge is 0.255 e. The molecule has 0 amide bonds. The number of rotatable bonds is 2. The minimum Gasteiger partial charge on any atom is -0.381 e. The molecule has 1 unspecified atom stereocenters. The molecule has 1 aromatic rings. The summed E-state index contributed by atoms with van der Waals surface area (Å²) in [7, 11) is 0. The highest BCUT2D eigenvalue weighted by molar-refractivity contribution is 5.72. The van der Waals surface area contributed by atoms with E-state index in [4.69, 9.17) is 0 Å². The van der Waals surface area contributed by atoms with Gasteiger partial charge in [0.15, 0.2) is 0 Å². The zero-order valence-electron chi connectivity index (χ0n) is 8.58. The standard InChI is InChI=1S/C11H14F2N2/c1-8-6-14-9-4-2-3-5-10(9)15(8)7-11(12)13/h2-5,8,11,14H,6-7H2,1H3. The van der Waals surface area contributed by atoms with Crippen LogP contribution in [0.1, 0.15) is 6.92 Å². The molecular weight excluding hydrogens is 198 g/mol. The van der Waals surface area contributed by atoms with E-state index in [0.29, 0.717) is 6.54 Å². The highest BCUT2D eigenvalue weighted by Crippen LogP contribution is 2.31. The number of benzene rings is 1. The fourth-order valence-corrected chi connectivity index (χ4v) is 1.91. The van der Waals surface area contributed by atoms with Crippen LogP contribution >= 0.6 is 0 Å². The average Bonchev–Trinajstić information content (AvgIpc) is 2.22. The van der Waals surface area contributed by atoms with Crippen molar-refractivity contribution < 1.29 is 8.78 Å². The first-order valence-electron chi connectivity index (χ1n) is 5.06. The third kappa shape index (κ3) is 2.03. The number of hydrogen-bond donors (Lipinski definition) is 1. The van der Waals surface area contributed by atoms with Gasteiger partial charge in [-0.15, -0.1) is 0 Å². The van der Waals surface area contributed by atoms with Crippen LogP contribution in [0.4, 0.5) is 20.2 Å². The normalized spacial score (nSPS) is 20.0. The van der Waals surface area contributed by atoms with E-state index < -0.39 is 6.43 Å². The first-order valence-corrected chi connectivity index (χ1v) is 5.06. The lowest BCUT2D eigenvalue weighted by molar-refractivity contribution is 0.152. The summed E-state index contributed by atoms with van der Waals surface area (Å²) in [5.74, 6) is 0. The van der Waals surface area contributed by atoms with Crippen molar-refractivity contribution in [3.8, 4) is 0 Å². The van der Waals surface area contributed by atoms with Crippen LogP contribution in [0.2, 0.25) is 0 Å². The van der Waals surface area contributed by atoms with Gasteiger partial charge < -0.3 is 10.2 Å². The van der Waals surface area contributed by atoms with Crippen molar-refractivity contribution in [1.29, 1.82) is 0 Å². The highest BCUT2D eigenvalue weighted by Gasteiger charge is 2.24. The molecule has 0 saturated heterocycles. The second-order valence-electron chi connectivity index (χ2n) is 3.79. The molecule has 1 atom stereocenters. The topological polar surface area (TPSA) is 15.3 Å². The molecule has 0 aliphatic carbocycles. The molecule has 0 radical (unpaired) electrons. The zero-order chi connectivity index (χ0) is 10.8. The van der Waals surface area contributed by atoms with Crippen LogP contribution in [0, 0.1) is 0 Å². The van der Waals surface area contributed by atoms with Gasteiger partial charge in [0.25, 0.3) is 6.43 Å². The van der Waals surface area contributed by atoms with Crippen LogP contribution in [0.5, 0.6) is 0 Å². The lowest BCUT2D eigenvalue weighted by Gasteiger charge is -2.37. The molecule has 1 aliphatic rings. The van der Waals surface area contributed by atoms with Crippen molar-refractivity contribution in [2.24, 2.45) is 0 Å². The van der Waals surface area contributed by atoms with Crippen molar-refractivity contribution in [2.75, 3.05) is 23.3 Å². The maximum absolute atomic E-state index is 12.4. The van der Waals surface area contributed by atoms with Gasteiger partial charge in [0.05, 0.1) is 17.9 Å². The second kappa shape index (κ2) is 4.04. The van der Waals surface area contributed by atoms with Crippen molar-refractivity contribution >= 4 is 11.4 Å². The molecule has 0 bridgehead atoms. The third-order valence-corrected chi connectivity index (χ3v) is 2.67. The number of hydrogen-bond acceptors (Lipinski definition) is 2. The summed E-state index contributed by atoms with van der Waals surface area (Å²) in [4.78, 5) is 1.76. The molecule has 0 saturated carbocycles. The molecule has 2 nitrogen and oxygen atoms in total. The first kappa shape index (κ1) is 10.2. The minimum absolute atomic E-state index is 0.105. The monoisotopic (exact) mass is 212 g/mol. The Kier molecular flexibility index (Phi) is 2.75. The largest absolute Gasteiger partial charge is 0.381 e. The highest BCUT2D eigenvalue weighted by atomic mass is 19.3. The molecular formula is C11H14F2N2. The number of nitrogens with zero attached hydrogens (tertiary/aromatic N) is 1. The summed E-state index contributed by atoms with van der Waals surface area (Å²) >= 11 is 0. The van der Waals surface area contributed by atoms with Crippen LogP contribution in [0.3, 0.4) is 0 Å². The van der Waals surface area contributed by atoms with Gasteiger partial charge in [0, 0.05) is 12.6 Å². The fourth-order valence-electron chi connectivity index (χ4n) is 1.91. The van der Waals surface area contributed by atoms with E-state index in [1.165, 1.54) is 0 Å².